The number of rotatable bonds is 4. The quantitative estimate of drug-likeness (QED) is 0.559. The number of hydrazine groups is 1. The van der Waals surface area contributed by atoms with Crippen molar-refractivity contribution >= 4 is 5.52 Å². The fraction of sp³-hybridized carbons (Fsp3) is 0.200. The normalized spacial score (nSPS) is 12.7. The van der Waals surface area contributed by atoms with Crippen LogP contribution >= 0.6 is 0 Å². The van der Waals surface area contributed by atoms with Gasteiger partial charge in [-0.2, -0.15) is 5.10 Å². The predicted octanol–water partition coefficient (Wildman–Crippen LogP) is 1.84. The summed E-state index contributed by atoms with van der Waals surface area (Å²) in [6, 6.07) is 8.36. The Labute approximate surface area is 117 Å². The lowest BCUT2D eigenvalue weighted by Crippen LogP contribution is -2.28. The van der Waals surface area contributed by atoms with Crippen LogP contribution in [0.15, 0.2) is 49.1 Å². The van der Waals surface area contributed by atoms with Crippen molar-refractivity contribution in [1.82, 2.24) is 20.0 Å². The van der Waals surface area contributed by atoms with Crippen LogP contribution in [0, 0.1) is 0 Å². The van der Waals surface area contributed by atoms with Gasteiger partial charge in [-0.1, -0.05) is 31.2 Å². The van der Waals surface area contributed by atoms with Crippen LogP contribution in [0.5, 0.6) is 0 Å². The lowest BCUT2D eigenvalue weighted by atomic mass is 9.99. The number of hydrogen-bond acceptors (Lipinski definition) is 4. The standard InChI is InChI=1S/C15H17N5/c1-2-11-3-5-12(6-4-11)15(19-16)13-9-18-20-8-7-17-10-14(13)20/h3-10,15,19H,2,16H2,1H3. The number of nitrogens with zero attached hydrogens (tertiary/aromatic N) is 3. The number of aromatic nitrogens is 3. The Bertz CT molecular complexity index is 702. The van der Waals surface area contributed by atoms with E-state index < -0.39 is 0 Å². The second kappa shape index (κ2) is 5.40. The molecule has 0 aliphatic rings. The Morgan fingerprint density at radius 2 is 2.05 bits per heavy atom. The molecule has 0 saturated heterocycles. The molecule has 1 aromatic carbocycles. The first-order valence-electron chi connectivity index (χ1n) is 6.65. The fourth-order valence-corrected chi connectivity index (χ4v) is 2.39. The van der Waals surface area contributed by atoms with Gasteiger partial charge >= 0.3 is 0 Å². The van der Waals surface area contributed by atoms with Gasteiger partial charge in [0, 0.05) is 18.0 Å². The van der Waals surface area contributed by atoms with Gasteiger partial charge in [0.05, 0.1) is 24.0 Å². The zero-order valence-corrected chi connectivity index (χ0v) is 11.3. The van der Waals surface area contributed by atoms with Crippen LogP contribution < -0.4 is 11.3 Å². The van der Waals surface area contributed by atoms with Crippen molar-refractivity contribution in [2.75, 3.05) is 0 Å². The van der Waals surface area contributed by atoms with Crippen molar-refractivity contribution in [3.05, 3.63) is 65.7 Å². The highest BCUT2D eigenvalue weighted by atomic mass is 15.3. The van der Waals surface area contributed by atoms with Crippen molar-refractivity contribution < 1.29 is 0 Å². The molecule has 0 aliphatic carbocycles. The molecule has 0 saturated carbocycles. The van der Waals surface area contributed by atoms with Crippen LogP contribution in [-0.4, -0.2) is 14.6 Å². The van der Waals surface area contributed by atoms with Crippen molar-refractivity contribution in [3.8, 4) is 0 Å². The molecule has 2 aromatic heterocycles. The number of hydrogen-bond donors (Lipinski definition) is 2. The number of aryl methyl sites for hydroxylation is 1. The van der Waals surface area contributed by atoms with Crippen LogP contribution in [0.1, 0.15) is 29.7 Å². The van der Waals surface area contributed by atoms with Gasteiger partial charge in [-0.05, 0) is 17.5 Å². The van der Waals surface area contributed by atoms with Gasteiger partial charge in [0.1, 0.15) is 0 Å². The Balaban J connectivity index is 2.04. The smallest absolute Gasteiger partial charge is 0.0896 e. The largest absolute Gasteiger partial charge is 0.271 e. The van der Waals surface area contributed by atoms with E-state index in [9.17, 15) is 0 Å². The minimum absolute atomic E-state index is 0.0948. The van der Waals surface area contributed by atoms with Crippen molar-refractivity contribution in [2.45, 2.75) is 19.4 Å². The maximum absolute atomic E-state index is 5.75. The molecule has 1 atom stereocenters. The summed E-state index contributed by atoms with van der Waals surface area (Å²) < 4.78 is 1.80. The van der Waals surface area contributed by atoms with E-state index in [2.05, 4.69) is 46.7 Å². The highest BCUT2D eigenvalue weighted by molar-refractivity contribution is 5.55. The Kier molecular flexibility index (Phi) is 3.45. The summed E-state index contributed by atoms with van der Waals surface area (Å²) in [5, 5.41) is 4.33. The summed E-state index contributed by atoms with van der Waals surface area (Å²) in [5.41, 5.74) is 7.27. The predicted molar refractivity (Wildman–Crippen MR) is 78.0 cm³/mol. The molecule has 0 aliphatic heterocycles. The van der Waals surface area contributed by atoms with E-state index in [1.54, 1.807) is 16.9 Å². The molecule has 102 valence electrons. The van der Waals surface area contributed by atoms with Crippen LogP contribution in [0.25, 0.3) is 5.52 Å². The van der Waals surface area contributed by atoms with E-state index >= 15 is 0 Å². The molecule has 0 spiro atoms. The fourth-order valence-electron chi connectivity index (χ4n) is 2.39. The molecule has 0 amide bonds. The molecule has 5 heteroatoms. The van der Waals surface area contributed by atoms with Crippen LogP contribution in [0.2, 0.25) is 0 Å². The zero-order valence-electron chi connectivity index (χ0n) is 11.3. The van der Waals surface area contributed by atoms with Gasteiger partial charge in [-0.25, -0.2) is 9.94 Å². The number of benzene rings is 1. The summed E-state index contributed by atoms with van der Waals surface area (Å²) >= 11 is 0. The van der Waals surface area contributed by atoms with E-state index in [-0.39, 0.29) is 6.04 Å². The second-order valence-corrected chi connectivity index (χ2v) is 4.70. The van der Waals surface area contributed by atoms with Gasteiger partial charge in [0.2, 0.25) is 0 Å². The van der Waals surface area contributed by atoms with Crippen molar-refractivity contribution in [1.29, 1.82) is 0 Å². The third-order valence-electron chi connectivity index (χ3n) is 3.55. The van der Waals surface area contributed by atoms with Gasteiger partial charge in [0.25, 0.3) is 0 Å². The lowest BCUT2D eigenvalue weighted by molar-refractivity contribution is 0.640. The number of fused-ring (bicyclic) bond motifs is 1. The first kappa shape index (κ1) is 12.8. The Morgan fingerprint density at radius 3 is 2.75 bits per heavy atom. The maximum atomic E-state index is 5.75. The summed E-state index contributed by atoms with van der Waals surface area (Å²) in [5.74, 6) is 5.75. The van der Waals surface area contributed by atoms with E-state index in [1.807, 2.05) is 12.4 Å². The zero-order chi connectivity index (χ0) is 13.9. The average molecular weight is 267 g/mol. The third kappa shape index (κ3) is 2.17. The van der Waals surface area contributed by atoms with E-state index in [0.29, 0.717) is 0 Å². The van der Waals surface area contributed by atoms with Gasteiger partial charge < -0.3 is 0 Å². The maximum Gasteiger partial charge on any atom is 0.0896 e. The van der Waals surface area contributed by atoms with Crippen molar-refractivity contribution in [3.63, 3.8) is 0 Å². The first-order chi connectivity index (χ1) is 9.83. The second-order valence-electron chi connectivity index (χ2n) is 4.70. The minimum Gasteiger partial charge on any atom is -0.271 e. The molecule has 20 heavy (non-hydrogen) atoms. The molecule has 5 nitrogen and oxygen atoms in total. The SMILES string of the molecule is CCc1ccc(C(NN)c2cnn3ccncc23)cc1. The van der Waals surface area contributed by atoms with Crippen LogP contribution in [0.4, 0.5) is 0 Å². The number of nitrogens with one attached hydrogen (secondary N) is 1. The molecular weight excluding hydrogens is 250 g/mol. The molecule has 0 radical (unpaired) electrons. The average Bonchev–Trinajstić information content (AvgIpc) is 2.93. The van der Waals surface area contributed by atoms with Crippen LogP contribution in [-0.2, 0) is 6.42 Å². The molecule has 3 N–H and O–H groups in total. The Morgan fingerprint density at radius 1 is 1.25 bits per heavy atom. The summed E-state index contributed by atoms with van der Waals surface area (Å²) in [4.78, 5) is 4.15. The summed E-state index contributed by atoms with van der Waals surface area (Å²) in [7, 11) is 0. The van der Waals surface area contributed by atoms with Gasteiger partial charge in [-0.15, -0.1) is 0 Å². The van der Waals surface area contributed by atoms with Crippen LogP contribution in [0.3, 0.4) is 0 Å². The van der Waals surface area contributed by atoms with E-state index in [4.69, 9.17) is 5.84 Å². The van der Waals surface area contributed by atoms with Crippen molar-refractivity contribution in [2.24, 2.45) is 5.84 Å². The highest BCUT2D eigenvalue weighted by Gasteiger charge is 2.17. The summed E-state index contributed by atoms with van der Waals surface area (Å²) in [6.07, 6.45) is 8.20. The van der Waals surface area contributed by atoms with E-state index in [1.165, 1.54) is 5.56 Å². The summed E-state index contributed by atoms with van der Waals surface area (Å²) in [6.45, 7) is 2.14. The monoisotopic (exact) mass is 267 g/mol. The van der Waals surface area contributed by atoms with Gasteiger partial charge in [-0.3, -0.25) is 10.8 Å². The first-order valence-corrected chi connectivity index (χ1v) is 6.65. The molecule has 2 heterocycles. The molecule has 3 rings (SSSR count). The molecule has 0 bridgehead atoms. The number of nitrogens with two attached hydrogens (primary N) is 1. The minimum atomic E-state index is -0.0948. The third-order valence-corrected chi connectivity index (χ3v) is 3.55. The molecule has 3 aromatic rings. The molecular formula is C15H17N5. The molecule has 1 unspecified atom stereocenters. The highest BCUT2D eigenvalue weighted by Crippen LogP contribution is 2.25. The Hall–Kier alpha value is -2.24. The van der Waals surface area contributed by atoms with E-state index in [0.717, 1.165) is 23.1 Å². The topological polar surface area (TPSA) is 68.2 Å². The van der Waals surface area contributed by atoms with Gasteiger partial charge in [0.15, 0.2) is 0 Å². The lowest BCUT2D eigenvalue weighted by Gasteiger charge is -2.15. The molecule has 0 fully saturated rings.